The van der Waals surface area contributed by atoms with Crippen LogP contribution < -0.4 is 21.3 Å². The molecule has 1 heterocycles. The first-order valence-corrected chi connectivity index (χ1v) is 9.79. The number of benzene rings is 2. The fourth-order valence-electron chi connectivity index (χ4n) is 2.41. The van der Waals surface area contributed by atoms with E-state index in [-0.39, 0.29) is 23.4 Å². The van der Waals surface area contributed by atoms with Crippen molar-refractivity contribution in [2.45, 2.75) is 12.1 Å². The van der Waals surface area contributed by atoms with Crippen molar-refractivity contribution < 1.29 is 13.9 Å². The molecule has 11 heteroatoms. The van der Waals surface area contributed by atoms with Gasteiger partial charge in [-0.1, -0.05) is 36.0 Å². The summed E-state index contributed by atoms with van der Waals surface area (Å²) in [5.74, 6) is 6.25. The summed E-state index contributed by atoms with van der Waals surface area (Å²) in [5, 5.41) is 15.2. The van der Waals surface area contributed by atoms with Gasteiger partial charge in [0, 0.05) is 0 Å². The van der Waals surface area contributed by atoms with E-state index in [0.29, 0.717) is 22.3 Å². The van der Waals surface area contributed by atoms with Crippen LogP contribution >= 0.6 is 11.8 Å². The fourth-order valence-corrected chi connectivity index (χ4v) is 3.06. The number of thioether (sulfide) groups is 1. The number of nitrogens with zero attached hydrogens (tertiary/aromatic N) is 4. The molecule has 0 unspecified atom stereocenters. The van der Waals surface area contributed by atoms with E-state index >= 15 is 0 Å². The summed E-state index contributed by atoms with van der Waals surface area (Å²) in [6.45, 7) is 1.76. The predicted molar refractivity (Wildman–Crippen MR) is 115 cm³/mol. The molecule has 30 heavy (non-hydrogen) atoms. The molecule has 0 spiro atoms. The summed E-state index contributed by atoms with van der Waals surface area (Å²) in [6.07, 6.45) is 0. The van der Waals surface area contributed by atoms with Crippen molar-refractivity contribution in [1.29, 1.82) is 0 Å². The monoisotopic (exact) mass is 429 g/mol. The topological polar surface area (TPSA) is 119 Å². The second-order valence-electron chi connectivity index (χ2n) is 6.03. The summed E-state index contributed by atoms with van der Waals surface area (Å²) in [4.78, 5) is 12.2. The lowest BCUT2D eigenvalue weighted by Gasteiger charge is -2.09. The number of amides is 1. The van der Waals surface area contributed by atoms with Gasteiger partial charge in [0.25, 0.3) is 5.95 Å². The molecule has 156 valence electrons. The van der Waals surface area contributed by atoms with Crippen LogP contribution in [-0.2, 0) is 4.79 Å². The van der Waals surface area contributed by atoms with Crippen molar-refractivity contribution in [3.8, 4) is 5.75 Å². The number of ether oxygens (including phenoxy) is 1. The smallest absolute Gasteiger partial charge is 0.264 e. The molecular formula is C19H20FN7O2S. The van der Waals surface area contributed by atoms with Gasteiger partial charge in [0.15, 0.2) is 0 Å². The van der Waals surface area contributed by atoms with Gasteiger partial charge in [-0.15, -0.1) is 10.2 Å². The Morgan fingerprint density at radius 3 is 2.70 bits per heavy atom. The molecule has 3 rings (SSSR count). The summed E-state index contributed by atoms with van der Waals surface area (Å²) < 4.78 is 19.4. The Morgan fingerprint density at radius 2 is 1.97 bits per heavy atom. The molecule has 4 N–H and O–H groups in total. The van der Waals surface area contributed by atoms with Gasteiger partial charge in [-0.25, -0.2) is 14.5 Å². The minimum Gasteiger partial charge on any atom is -0.495 e. The normalized spacial score (nSPS) is 11.2. The predicted octanol–water partition coefficient (Wildman–Crippen LogP) is 2.71. The number of hydrogen-bond acceptors (Lipinski definition) is 8. The molecule has 0 aliphatic heterocycles. The van der Waals surface area contributed by atoms with Crippen molar-refractivity contribution in [3.05, 3.63) is 59.9 Å². The molecule has 1 amide bonds. The third-order valence-corrected chi connectivity index (χ3v) is 4.91. The van der Waals surface area contributed by atoms with Gasteiger partial charge in [0.05, 0.1) is 24.3 Å². The highest BCUT2D eigenvalue weighted by Crippen LogP contribution is 2.24. The molecule has 2 aromatic carbocycles. The molecule has 1 aromatic heterocycles. The van der Waals surface area contributed by atoms with Gasteiger partial charge in [-0.2, -0.15) is 5.10 Å². The number of rotatable bonds is 8. The van der Waals surface area contributed by atoms with E-state index in [0.717, 1.165) is 17.3 Å². The number of nitrogens with one attached hydrogen (secondary N) is 2. The largest absolute Gasteiger partial charge is 0.495 e. The SMILES string of the molecule is COc1ccccc1NC(=O)CSc1nnc(N/N=C(\C)c2ccc(F)cc2)n1N. The third-order valence-electron chi connectivity index (χ3n) is 3.96. The van der Waals surface area contributed by atoms with Crippen molar-refractivity contribution in [2.75, 3.05) is 29.4 Å². The summed E-state index contributed by atoms with van der Waals surface area (Å²) >= 11 is 1.12. The van der Waals surface area contributed by atoms with Gasteiger partial charge < -0.3 is 15.9 Å². The van der Waals surface area contributed by atoms with Gasteiger partial charge in [-0.3, -0.25) is 4.79 Å². The summed E-state index contributed by atoms with van der Waals surface area (Å²) in [7, 11) is 1.53. The van der Waals surface area contributed by atoms with Crippen molar-refractivity contribution in [1.82, 2.24) is 14.9 Å². The zero-order chi connectivity index (χ0) is 21.5. The molecule has 0 radical (unpaired) electrons. The summed E-state index contributed by atoms with van der Waals surface area (Å²) in [6, 6.07) is 13.1. The standard InChI is InChI=1S/C19H20FN7O2S/c1-12(13-7-9-14(20)10-8-13)23-24-18-25-26-19(27(18)21)30-11-17(28)22-15-5-3-4-6-16(15)29-2/h3-10H,11,21H2,1-2H3,(H,22,28)(H,24,25)/b23-12+. The van der Waals surface area contributed by atoms with Crippen LogP contribution in [0.15, 0.2) is 58.8 Å². The van der Waals surface area contributed by atoms with Crippen LogP contribution in [0.2, 0.25) is 0 Å². The molecule has 0 aliphatic carbocycles. The minimum atomic E-state index is -0.322. The quantitative estimate of drug-likeness (QED) is 0.218. The molecule has 3 aromatic rings. The Hall–Kier alpha value is -3.60. The lowest BCUT2D eigenvalue weighted by molar-refractivity contribution is -0.113. The first-order chi connectivity index (χ1) is 14.5. The molecule has 0 atom stereocenters. The number of hydrogen-bond donors (Lipinski definition) is 3. The molecule has 0 saturated carbocycles. The highest BCUT2D eigenvalue weighted by molar-refractivity contribution is 7.99. The van der Waals surface area contributed by atoms with E-state index in [2.05, 4.69) is 26.0 Å². The number of hydrazone groups is 1. The fraction of sp³-hybridized carbons (Fsp3) is 0.158. The molecule has 0 saturated heterocycles. The Kier molecular flexibility index (Phi) is 6.86. The molecule has 0 bridgehead atoms. The van der Waals surface area contributed by atoms with E-state index < -0.39 is 0 Å². The Bertz CT molecular complexity index is 1050. The average molecular weight is 429 g/mol. The van der Waals surface area contributed by atoms with E-state index in [1.165, 1.54) is 23.9 Å². The maximum absolute atomic E-state index is 13.0. The molecule has 9 nitrogen and oxygen atoms in total. The Balaban J connectivity index is 1.58. The van der Waals surface area contributed by atoms with E-state index in [9.17, 15) is 9.18 Å². The lowest BCUT2D eigenvalue weighted by Crippen LogP contribution is -2.17. The van der Waals surface area contributed by atoms with E-state index in [4.69, 9.17) is 10.6 Å². The van der Waals surface area contributed by atoms with Crippen LogP contribution in [0.1, 0.15) is 12.5 Å². The highest BCUT2D eigenvalue weighted by Gasteiger charge is 2.13. The van der Waals surface area contributed by atoms with Crippen LogP contribution in [0.25, 0.3) is 0 Å². The van der Waals surface area contributed by atoms with Crippen LogP contribution in [0.5, 0.6) is 5.75 Å². The van der Waals surface area contributed by atoms with E-state index in [1.807, 2.05) is 6.07 Å². The van der Waals surface area contributed by atoms with Crippen LogP contribution in [-0.4, -0.2) is 39.4 Å². The first-order valence-electron chi connectivity index (χ1n) is 8.80. The number of halogens is 1. The maximum Gasteiger partial charge on any atom is 0.264 e. The number of methoxy groups -OCH3 is 1. The number of para-hydroxylation sites is 2. The lowest BCUT2D eigenvalue weighted by atomic mass is 10.1. The van der Waals surface area contributed by atoms with Crippen molar-refractivity contribution >= 4 is 35.0 Å². The molecule has 0 fully saturated rings. The van der Waals surface area contributed by atoms with Crippen LogP contribution in [0.3, 0.4) is 0 Å². The maximum atomic E-state index is 13.0. The van der Waals surface area contributed by atoms with Gasteiger partial charge in [0.1, 0.15) is 11.6 Å². The second-order valence-corrected chi connectivity index (χ2v) is 6.97. The number of carbonyl (C=O) groups is 1. The Morgan fingerprint density at radius 1 is 1.23 bits per heavy atom. The number of aromatic nitrogens is 3. The summed E-state index contributed by atoms with van der Waals surface area (Å²) in [5.41, 5.74) is 4.65. The molecule has 0 aliphatic rings. The third kappa shape index (κ3) is 5.26. The number of carbonyl (C=O) groups excluding carboxylic acids is 1. The van der Waals surface area contributed by atoms with Gasteiger partial charge >= 0.3 is 0 Å². The number of nitrogen functional groups attached to an aromatic ring is 1. The average Bonchev–Trinajstić information content (AvgIpc) is 3.11. The van der Waals surface area contributed by atoms with Gasteiger partial charge in [0.2, 0.25) is 11.1 Å². The minimum absolute atomic E-state index is 0.0747. The highest BCUT2D eigenvalue weighted by atomic mass is 32.2. The Labute approximate surface area is 176 Å². The van der Waals surface area contributed by atoms with Gasteiger partial charge in [-0.05, 0) is 36.8 Å². The second kappa shape index (κ2) is 9.74. The van der Waals surface area contributed by atoms with Crippen LogP contribution in [0, 0.1) is 5.82 Å². The number of anilines is 2. The zero-order valence-electron chi connectivity index (χ0n) is 16.3. The van der Waals surface area contributed by atoms with Crippen molar-refractivity contribution in [2.24, 2.45) is 5.10 Å². The molecular weight excluding hydrogens is 409 g/mol. The zero-order valence-corrected chi connectivity index (χ0v) is 17.1. The van der Waals surface area contributed by atoms with Crippen LogP contribution in [0.4, 0.5) is 16.0 Å². The number of nitrogens with two attached hydrogens (primary N) is 1. The first kappa shape index (κ1) is 21.1. The van der Waals surface area contributed by atoms with Crippen molar-refractivity contribution in [3.63, 3.8) is 0 Å². The van der Waals surface area contributed by atoms with E-state index in [1.54, 1.807) is 37.3 Å².